The molecule has 0 saturated carbocycles. The van der Waals surface area contributed by atoms with Crippen molar-refractivity contribution in [2.24, 2.45) is 5.73 Å². The fourth-order valence-corrected chi connectivity index (χ4v) is 2.15. The summed E-state index contributed by atoms with van der Waals surface area (Å²) in [5, 5.41) is 2.73. The zero-order valence-corrected chi connectivity index (χ0v) is 14.0. The number of rotatable bonds is 5. The van der Waals surface area contributed by atoms with Crippen molar-refractivity contribution >= 4 is 17.5 Å². The summed E-state index contributed by atoms with van der Waals surface area (Å²) in [4.78, 5) is 31.6. The van der Waals surface area contributed by atoms with Crippen LogP contribution in [0.3, 0.4) is 0 Å². The molecule has 0 atom stereocenters. The molecule has 3 N–H and O–H groups in total. The zero-order valence-electron chi connectivity index (χ0n) is 14.0. The van der Waals surface area contributed by atoms with Crippen LogP contribution in [0.1, 0.15) is 26.4 Å². The number of carbonyl (C=O) groups excluding carboxylic acids is 2. The number of nitrogens with zero attached hydrogens (tertiary/aromatic N) is 2. The van der Waals surface area contributed by atoms with Crippen LogP contribution in [0.15, 0.2) is 60.9 Å². The number of aryl methyl sites for hydroxylation is 1. The smallest absolute Gasteiger partial charge is 0.257 e. The van der Waals surface area contributed by atoms with Gasteiger partial charge in [-0.3, -0.25) is 14.6 Å². The Balaban J connectivity index is 1.66. The summed E-state index contributed by atoms with van der Waals surface area (Å²) < 4.78 is 5.59. The van der Waals surface area contributed by atoms with Gasteiger partial charge in [0.15, 0.2) is 0 Å². The molecule has 2 heterocycles. The van der Waals surface area contributed by atoms with Crippen molar-refractivity contribution < 1.29 is 14.3 Å². The number of amides is 2. The summed E-state index contributed by atoms with van der Waals surface area (Å²) >= 11 is 0. The minimum absolute atomic E-state index is 0.276. The van der Waals surface area contributed by atoms with Crippen LogP contribution in [0.4, 0.5) is 5.69 Å². The molecule has 0 aliphatic heterocycles. The van der Waals surface area contributed by atoms with Crippen LogP contribution < -0.4 is 15.8 Å². The van der Waals surface area contributed by atoms with E-state index in [1.807, 2.05) is 6.92 Å². The van der Waals surface area contributed by atoms with Gasteiger partial charge in [-0.25, -0.2) is 4.98 Å². The fourth-order valence-electron chi connectivity index (χ4n) is 2.15. The van der Waals surface area contributed by atoms with Gasteiger partial charge in [0, 0.05) is 23.5 Å². The first kappa shape index (κ1) is 17.1. The third kappa shape index (κ3) is 4.21. The molecule has 0 radical (unpaired) electrons. The lowest BCUT2D eigenvalue weighted by atomic mass is 10.2. The van der Waals surface area contributed by atoms with E-state index in [0.717, 1.165) is 5.69 Å². The SMILES string of the molecule is Cc1ccc(C(=O)Nc2ccc(Oc3cccc(C(N)=O)c3)nc2)cn1. The van der Waals surface area contributed by atoms with E-state index in [1.165, 1.54) is 18.5 Å². The highest BCUT2D eigenvalue weighted by Crippen LogP contribution is 2.21. The second kappa shape index (κ2) is 7.43. The van der Waals surface area contributed by atoms with Gasteiger partial charge < -0.3 is 15.8 Å². The van der Waals surface area contributed by atoms with Gasteiger partial charge in [0.1, 0.15) is 5.75 Å². The lowest BCUT2D eigenvalue weighted by Crippen LogP contribution is -2.12. The monoisotopic (exact) mass is 348 g/mol. The van der Waals surface area contributed by atoms with Crippen molar-refractivity contribution in [3.63, 3.8) is 0 Å². The molecule has 7 nitrogen and oxygen atoms in total. The normalized spacial score (nSPS) is 10.2. The topological polar surface area (TPSA) is 107 Å². The van der Waals surface area contributed by atoms with Crippen molar-refractivity contribution in [2.75, 3.05) is 5.32 Å². The van der Waals surface area contributed by atoms with E-state index in [1.54, 1.807) is 42.5 Å². The van der Waals surface area contributed by atoms with Crippen molar-refractivity contribution in [3.8, 4) is 11.6 Å². The standard InChI is InChI=1S/C19H16N4O3/c1-12-5-6-14(10-21-12)19(25)23-15-7-8-17(22-11-15)26-16-4-2-3-13(9-16)18(20)24/h2-11H,1H3,(H2,20,24)(H,23,25). The number of carbonyl (C=O) groups is 2. The molecule has 130 valence electrons. The lowest BCUT2D eigenvalue weighted by molar-refractivity contribution is 0.0997. The summed E-state index contributed by atoms with van der Waals surface area (Å²) in [6, 6.07) is 13.2. The number of primary amides is 1. The van der Waals surface area contributed by atoms with Crippen LogP contribution in [0.2, 0.25) is 0 Å². The van der Waals surface area contributed by atoms with Gasteiger partial charge in [0.25, 0.3) is 5.91 Å². The zero-order chi connectivity index (χ0) is 18.5. The molecular weight excluding hydrogens is 332 g/mol. The van der Waals surface area contributed by atoms with Crippen molar-refractivity contribution in [1.29, 1.82) is 0 Å². The van der Waals surface area contributed by atoms with E-state index < -0.39 is 5.91 Å². The highest BCUT2D eigenvalue weighted by Gasteiger charge is 2.08. The van der Waals surface area contributed by atoms with Crippen LogP contribution in [-0.2, 0) is 0 Å². The van der Waals surface area contributed by atoms with Crippen molar-refractivity contribution in [1.82, 2.24) is 9.97 Å². The van der Waals surface area contributed by atoms with Gasteiger partial charge in [-0.15, -0.1) is 0 Å². The number of nitrogens with two attached hydrogens (primary N) is 1. The minimum Gasteiger partial charge on any atom is -0.439 e. The molecule has 0 unspecified atom stereocenters. The largest absolute Gasteiger partial charge is 0.439 e. The molecule has 0 saturated heterocycles. The highest BCUT2D eigenvalue weighted by molar-refractivity contribution is 6.03. The quantitative estimate of drug-likeness (QED) is 0.737. The maximum absolute atomic E-state index is 12.1. The molecule has 0 bridgehead atoms. The minimum atomic E-state index is -0.535. The van der Waals surface area contributed by atoms with E-state index >= 15 is 0 Å². The Morgan fingerprint density at radius 3 is 2.50 bits per heavy atom. The highest BCUT2D eigenvalue weighted by atomic mass is 16.5. The summed E-state index contributed by atoms with van der Waals surface area (Å²) in [6.45, 7) is 1.85. The van der Waals surface area contributed by atoms with E-state index in [2.05, 4.69) is 15.3 Å². The maximum Gasteiger partial charge on any atom is 0.257 e. The predicted molar refractivity (Wildman–Crippen MR) is 96.2 cm³/mol. The van der Waals surface area contributed by atoms with Gasteiger partial charge in [-0.2, -0.15) is 0 Å². The number of hydrogen-bond donors (Lipinski definition) is 2. The number of anilines is 1. The fraction of sp³-hybridized carbons (Fsp3) is 0.0526. The number of aromatic nitrogens is 2. The molecule has 2 aromatic heterocycles. The molecule has 3 aromatic rings. The van der Waals surface area contributed by atoms with Crippen LogP contribution in [0.5, 0.6) is 11.6 Å². The average molecular weight is 348 g/mol. The van der Waals surface area contributed by atoms with Crippen molar-refractivity contribution in [3.05, 3.63) is 77.7 Å². The molecule has 3 rings (SSSR count). The molecule has 2 amide bonds. The number of pyridine rings is 2. The van der Waals surface area contributed by atoms with E-state index in [-0.39, 0.29) is 5.91 Å². The first-order valence-electron chi connectivity index (χ1n) is 7.79. The summed E-state index contributed by atoms with van der Waals surface area (Å²) in [5.41, 5.74) is 7.41. The van der Waals surface area contributed by atoms with Crippen molar-refractivity contribution in [2.45, 2.75) is 6.92 Å². The average Bonchev–Trinajstić information content (AvgIpc) is 2.64. The Kier molecular flexibility index (Phi) is 4.89. The summed E-state index contributed by atoms with van der Waals surface area (Å²) in [7, 11) is 0. The van der Waals surface area contributed by atoms with Gasteiger partial charge in [0.05, 0.1) is 17.4 Å². The maximum atomic E-state index is 12.1. The lowest BCUT2D eigenvalue weighted by Gasteiger charge is -2.08. The number of hydrogen-bond acceptors (Lipinski definition) is 5. The molecule has 0 spiro atoms. The van der Waals surface area contributed by atoms with Gasteiger partial charge in [-0.1, -0.05) is 6.07 Å². The Hall–Kier alpha value is -3.74. The molecule has 0 aliphatic rings. The Morgan fingerprint density at radius 1 is 1.00 bits per heavy atom. The van der Waals surface area contributed by atoms with Crippen LogP contribution in [0.25, 0.3) is 0 Å². The second-order valence-corrected chi connectivity index (χ2v) is 5.52. The molecular formula is C19H16N4O3. The van der Waals surface area contributed by atoms with Crippen LogP contribution in [0, 0.1) is 6.92 Å². The van der Waals surface area contributed by atoms with E-state index in [9.17, 15) is 9.59 Å². The first-order valence-corrected chi connectivity index (χ1v) is 7.79. The number of benzene rings is 1. The Morgan fingerprint density at radius 2 is 1.85 bits per heavy atom. The van der Waals surface area contributed by atoms with Gasteiger partial charge >= 0.3 is 0 Å². The van der Waals surface area contributed by atoms with Gasteiger partial charge in [0.2, 0.25) is 11.8 Å². The summed E-state index contributed by atoms with van der Waals surface area (Å²) in [5.74, 6) is -0.0490. The molecule has 0 aliphatic carbocycles. The molecule has 26 heavy (non-hydrogen) atoms. The molecule has 1 aromatic carbocycles. The van der Waals surface area contributed by atoms with E-state index in [0.29, 0.717) is 28.4 Å². The third-order valence-electron chi connectivity index (χ3n) is 3.51. The van der Waals surface area contributed by atoms with Crippen LogP contribution in [-0.4, -0.2) is 21.8 Å². The van der Waals surface area contributed by atoms with Crippen LogP contribution >= 0.6 is 0 Å². The predicted octanol–water partition coefficient (Wildman–Crippen LogP) is 2.93. The third-order valence-corrected chi connectivity index (χ3v) is 3.51. The summed E-state index contributed by atoms with van der Waals surface area (Å²) in [6.07, 6.45) is 2.99. The second-order valence-electron chi connectivity index (χ2n) is 5.52. The van der Waals surface area contributed by atoms with E-state index in [4.69, 9.17) is 10.5 Å². The first-order chi connectivity index (χ1) is 12.5. The Bertz CT molecular complexity index is 938. The molecule has 0 fully saturated rings. The van der Waals surface area contributed by atoms with Gasteiger partial charge in [-0.05, 0) is 43.3 Å². The Labute approximate surface area is 149 Å². The number of nitrogens with one attached hydrogen (secondary N) is 1. The number of ether oxygens (including phenoxy) is 1. The molecule has 7 heteroatoms.